The number of hydrogen-bond donors (Lipinski definition) is 1. The maximum absolute atomic E-state index is 6.25. The molecule has 3 heteroatoms. The molecule has 2 N–H and O–H groups in total. The van der Waals surface area contributed by atoms with Gasteiger partial charge in [0.2, 0.25) is 0 Å². The van der Waals surface area contributed by atoms with Gasteiger partial charge in [-0.05, 0) is 49.8 Å². The minimum Gasteiger partial charge on any atom is -0.398 e. The van der Waals surface area contributed by atoms with E-state index in [2.05, 4.69) is 31.7 Å². The summed E-state index contributed by atoms with van der Waals surface area (Å²) in [5.74, 6) is 0.725. The second-order valence-electron chi connectivity index (χ2n) is 6.47. The van der Waals surface area contributed by atoms with Crippen molar-refractivity contribution in [3.63, 3.8) is 0 Å². The van der Waals surface area contributed by atoms with Crippen LogP contribution in [0.2, 0.25) is 5.02 Å². The zero-order valence-electron chi connectivity index (χ0n) is 13.0. The smallest absolute Gasteiger partial charge is 0.0656 e. The van der Waals surface area contributed by atoms with Gasteiger partial charge in [0.1, 0.15) is 0 Å². The van der Waals surface area contributed by atoms with Crippen molar-refractivity contribution >= 4 is 23.0 Å². The predicted octanol–water partition coefficient (Wildman–Crippen LogP) is 5.03. The lowest BCUT2D eigenvalue weighted by Gasteiger charge is -2.33. The van der Waals surface area contributed by atoms with Crippen molar-refractivity contribution in [1.29, 1.82) is 0 Å². The third kappa shape index (κ3) is 3.60. The molecule has 112 valence electrons. The molecule has 0 spiro atoms. The van der Waals surface area contributed by atoms with Gasteiger partial charge in [-0.2, -0.15) is 0 Å². The van der Waals surface area contributed by atoms with Crippen LogP contribution in [0, 0.1) is 12.8 Å². The van der Waals surface area contributed by atoms with Crippen LogP contribution in [0.3, 0.4) is 0 Å². The van der Waals surface area contributed by atoms with Crippen molar-refractivity contribution in [2.24, 2.45) is 5.92 Å². The molecule has 2 rings (SSSR count). The molecule has 1 saturated carbocycles. The van der Waals surface area contributed by atoms with E-state index in [1.54, 1.807) is 0 Å². The number of aryl methyl sites for hydroxylation is 1. The molecule has 0 radical (unpaired) electrons. The van der Waals surface area contributed by atoms with Gasteiger partial charge in [0.05, 0.1) is 10.7 Å². The highest BCUT2D eigenvalue weighted by Gasteiger charge is 2.24. The predicted molar refractivity (Wildman–Crippen MR) is 89.7 cm³/mol. The lowest BCUT2D eigenvalue weighted by molar-refractivity contribution is 0.528. The minimum absolute atomic E-state index is 0.673. The average Bonchev–Trinajstić information content (AvgIpc) is 2.89. The summed E-state index contributed by atoms with van der Waals surface area (Å²) in [7, 11) is 0. The number of rotatable bonds is 5. The van der Waals surface area contributed by atoms with Gasteiger partial charge in [0.15, 0.2) is 0 Å². The topological polar surface area (TPSA) is 29.3 Å². The first-order valence-electron chi connectivity index (χ1n) is 7.81. The molecule has 1 aromatic rings. The Hall–Kier alpha value is -0.890. The number of hydrogen-bond acceptors (Lipinski definition) is 2. The van der Waals surface area contributed by atoms with Crippen LogP contribution >= 0.6 is 11.6 Å². The van der Waals surface area contributed by atoms with E-state index in [9.17, 15) is 0 Å². The van der Waals surface area contributed by atoms with Gasteiger partial charge in [-0.15, -0.1) is 0 Å². The maximum atomic E-state index is 6.25. The van der Waals surface area contributed by atoms with Gasteiger partial charge < -0.3 is 10.6 Å². The molecule has 1 aromatic carbocycles. The average molecular weight is 295 g/mol. The van der Waals surface area contributed by atoms with Gasteiger partial charge in [-0.25, -0.2) is 0 Å². The highest BCUT2D eigenvalue weighted by Crippen LogP contribution is 2.34. The molecular weight excluding hydrogens is 268 g/mol. The van der Waals surface area contributed by atoms with Crippen molar-refractivity contribution < 1.29 is 0 Å². The largest absolute Gasteiger partial charge is 0.398 e. The summed E-state index contributed by atoms with van der Waals surface area (Å²) in [6, 6.07) is 4.74. The molecule has 0 aliphatic heterocycles. The lowest BCUT2D eigenvalue weighted by atomic mass is 10.1. The zero-order chi connectivity index (χ0) is 14.7. The molecule has 0 atom stereocenters. The molecular formula is C17H27ClN2. The van der Waals surface area contributed by atoms with Crippen LogP contribution in [0.25, 0.3) is 0 Å². The monoisotopic (exact) mass is 294 g/mol. The summed E-state index contributed by atoms with van der Waals surface area (Å²) in [5, 5.41) is 0.679. The van der Waals surface area contributed by atoms with Gasteiger partial charge in [-0.1, -0.05) is 38.3 Å². The minimum atomic E-state index is 0.673. The number of nitrogens with two attached hydrogens (primary N) is 1. The lowest BCUT2D eigenvalue weighted by Crippen LogP contribution is -2.35. The second kappa shape index (κ2) is 6.71. The van der Waals surface area contributed by atoms with Crippen LogP contribution in [0.4, 0.5) is 11.4 Å². The Bertz CT molecular complexity index is 451. The summed E-state index contributed by atoms with van der Waals surface area (Å²) >= 11 is 6.25. The first-order valence-corrected chi connectivity index (χ1v) is 8.19. The third-order valence-electron chi connectivity index (χ3n) is 4.34. The first-order chi connectivity index (χ1) is 9.49. The fourth-order valence-electron chi connectivity index (χ4n) is 3.12. The second-order valence-corrected chi connectivity index (χ2v) is 6.88. The highest BCUT2D eigenvalue weighted by atomic mass is 35.5. The molecule has 1 aliphatic rings. The highest BCUT2D eigenvalue weighted by molar-refractivity contribution is 6.33. The van der Waals surface area contributed by atoms with Crippen LogP contribution in [-0.4, -0.2) is 12.6 Å². The molecule has 1 aliphatic carbocycles. The molecule has 0 amide bonds. The number of anilines is 2. The molecule has 0 bridgehead atoms. The number of benzene rings is 1. The Labute approximate surface area is 128 Å². The van der Waals surface area contributed by atoms with Crippen molar-refractivity contribution in [2.75, 3.05) is 17.2 Å². The van der Waals surface area contributed by atoms with Crippen LogP contribution in [0.15, 0.2) is 12.1 Å². The fraction of sp³-hybridized carbons (Fsp3) is 0.647. The van der Waals surface area contributed by atoms with E-state index in [-0.39, 0.29) is 0 Å². The van der Waals surface area contributed by atoms with E-state index in [0.717, 1.165) is 12.5 Å². The van der Waals surface area contributed by atoms with Crippen molar-refractivity contribution in [3.05, 3.63) is 22.7 Å². The third-order valence-corrected chi connectivity index (χ3v) is 4.66. The van der Waals surface area contributed by atoms with E-state index >= 15 is 0 Å². The molecule has 1 fully saturated rings. The molecule has 0 heterocycles. The molecule has 0 aromatic heterocycles. The zero-order valence-corrected chi connectivity index (χ0v) is 13.7. The first kappa shape index (κ1) is 15.5. The maximum Gasteiger partial charge on any atom is 0.0656 e. The van der Waals surface area contributed by atoms with Crippen LogP contribution in [0.5, 0.6) is 0 Å². The van der Waals surface area contributed by atoms with Crippen LogP contribution in [-0.2, 0) is 0 Å². The van der Waals surface area contributed by atoms with Gasteiger partial charge in [0.25, 0.3) is 0 Å². The molecule has 20 heavy (non-hydrogen) atoms. The quantitative estimate of drug-likeness (QED) is 0.772. The number of nitrogen functional groups attached to an aromatic ring is 1. The normalized spacial score (nSPS) is 16.1. The van der Waals surface area contributed by atoms with Gasteiger partial charge in [-0.3, -0.25) is 0 Å². The van der Waals surface area contributed by atoms with Gasteiger partial charge >= 0.3 is 0 Å². The summed E-state index contributed by atoms with van der Waals surface area (Å²) < 4.78 is 0. The Kier molecular flexibility index (Phi) is 5.20. The van der Waals surface area contributed by atoms with E-state index in [4.69, 9.17) is 17.3 Å². The summed E-state index contributed by atoms with van der Waals surface area (Å²) in [6.07, 6.45) is 6.53. The number of halogens is 1. The van der Waals surface area contributed by atoms with Crippen molar-refractivity contribution in [3.8, 4) is 0 Å². The summed E-state index contributed by atoms with van der Waals surface area (Å²) in [5.41, 5.74) is 9.11. The van der Waals surface area contributed by atoms with Gasteiger partial charge in [0, 0.05) is 18.3 Å². The number of nitrogens with zero attached hydrogens (tertiary/aromatic N) is 1. The van der Waals surface area contributed by atoms with E-state index in [0.29, 0.717) is 16.8 Å². The molecule has 0 saturated heterocycles. The van der Waals surface area contributed by atoms with Crippen LogP contribution in [0.1, 0.15) is 51.5 Å². The van der Waals surface area contributed by atoms with Crippen molar-refractivity contribution in [2.45, 2.75) is 58.9 Å². The Morgan fingerprint density at radius 3 is 2.55 bits per heavy atom. The molecule has 2 nitrogen and oxygen atoms in total. The standard InChI is InChI=1S/C17H27ClN2/c1-12(2)8-9-20(14-6-4-5-7-14)17-11-15(18)16(19)10-13(17)3/h10-12,14H,4-9,19H2,1-3H3. The van der Waals surface area contributed by atoms with E-state index in [1.165, 1.54) is 43.4 Å². The van der Waals surface area contributed by atoms with E-state index in [1.807, 2.05) is 6.07 Å². The van der Waals surface area contributed by atoms with E-state index < -0.39 is 0 Å². The summed E-state index contributed by atoms with van der Waals surface area (Å²) in [4.78, 5) is 2.58. The molecule has 0 unspecified atom stereocenters. The summed E-state index contributed by atoms with van der Waals surface area (Å²) in [6.45, 7) is 7.83. The Balaban J connectivity index is 2.27. The Morgan fingerprint density at radius 2 is 1.95 bits per heavy atom. The SMILES string of the molecule is Cc1cc(N)c(Cl)cc1N(CCC(C)C)C1CCCC1. The fourth-order valence-corrected chi connectivity index (χ4v) is 3.27. The van der Waals surface area contributed by atoms with Crippen LogP contribution < -0.4 is 10.6 Å². The Morgan fingerprint density at radius 1 is 1.30 bits per heavy atom. The van der Waals surface area contributed by atoms with Crippen molar-refractivity contribution in [1.82, 2.24) is 0 Å².